The number of nitrogens with zero attached hydrogens (tertiary/aromatic N) is 3. The summed E-state index contributed by atoms with van der Waals surface area (Å²) >= 11 is 6.08. The molecule has 5 rings (SSSR count). The minimum Gasteiger partial charge on any atom is -0.324 e. The molecule has 0 spiro atoms. The van der Waals surface area contributed by atoms with Crippen LogP contribution in [0.15, 0.2) is 91.0 Å². The van der Waals surface area contributed by atoms with Crippen molar-refractivity contribution >= 4 is 35.1 Å². The van der Waals surface area contributed by atoms with Crippen molar-refractivity contribution in [3.8, 4) is 0 Å². The molecule has 3 aromatic carbocycles. The second kappa shape index (κ2) is 8.08. The van der Waals surface area contributed by atoms with Gasteiger partial charge in [0, 0.05) is 16.3 Å². The van der Waals surface area contributed by atoms with E-state index >= 15 is 0 Å². The molecule has 1 aliphatic heterocycles. The van der Waals surface area contributed by atoms with Gasteiger partial charge in [-0.15, -0.1) is 5.10 Å². The van der Waals surface area contributed by atoms with E-state index in [0.29, 0.717) is 16.5 Å². The zero-order valence-corrected chi connectivity index (χ0v) is 17.1. The summed E-state index contributed by atoms with van der Waals surface area (Å²) < 4.78 is 1.76. The summed E-state index contributed by atoms with van der Waals surface area (Å²) in [4.78, 5) is 17.1. The Morgan fingerprint density at radius 3 is 2.32 bits per heavy atom. The third-order valence-electron chi connectivity index (χ3n) is 5.02. The van der Waals surface area contributed by atoms with E-state index in [9.17, 15) is 4.79 Å². The monoisotopic (exact) mass is 427 g/mol. The minimum atomic E-state index is -0.261. The van der Waals surface area contributed by atoms with Crippen LogP contribution in [0.3, 0.4) is 0 Å². The number of allylic oxidation sites excluding steroid dienone is 1. The fourth-order valence-corrected chi connectivity index (χ4v) is 3.62. The molecule has 0 bridgehead atoms. The molecule has 1 aliphatic rings. The van der Waals surface area contributed by atoms with Crippen LogP contribution in [0.4, 0.5) is 11.9 Å². The number of anilines is 2. The predicted octanol–water partition coefficient (Wildman–Crippen LogP) is 5.24. The number of benzene rings is 3. The summed E-state index contributed by atoms with van der Waals surface area (Å²) in [6, 6.07) is 26.4. The van der Waals surface area contributed by atoms with Gasteiger partial charge >= 0.3 is 0 Å². The van der Waals surface area contributed by atoms with Crippen LogP contribution in [0.5, 0.6) is 0 Å². The highest BCUT2D eigenvalue weighted by molar-refractivity contribution is 6.30. The van der Waals surface area contributed by atoms with Gasteiger partial charge in [0.1, 0.15) is 6.04 Å². The first-order chi connectivity index (χ1) is 15.2. The first kappa shape index (κ1) is 19.1. The number of halogens is 1. The molecule has 1 amide bonds. The molecule has 31 heavy (non-hydrogen) atoms. The summed E-state index contributed by atoms with van der Waals surface area (Å²) in [7, 11) is 0. The third-order valence-corrected chi connectivity index (χ3v) is 5.28. The van der Waals surface area contributed by atoms with Crippen molar-refractivity contribution in [2.75, 3.05) is 10.6 Å². The van der Waals surface area contributed by atoms with Crippen LogP contribution in [0.25, 0.3) is 5.70 Å². The summed E-state index contributed by atoms with van der Waals surface area (Å²) in [6.45, 7) is 0. The molecule has 1 aromatic heterocycles. The lowest BCUT2D eigenvalue weighted by molar-refractivity contribution is 0.102. The van der Waals surface area contributed by atoms with Gasteiger partial charge < -0.3 is 5.32 Å². The molecule has 6 nitrogen and oxygen atoms in total. The Morgan fingerprint density at radius 1 is 0.935 bits per heavy atom. The van der Waals surface area contributed by atoms with Gasteiger partial charge in [0.05, 0.1) is 0 Å². The van der Waals surface area contributed by atoms with Crippen molar-refractivity contribution in [1.29, 1.82) is 0 Å². The van der Waals surface area contributed by atoms with Crippen LogP contribution in [0.2, 0.25) is 5.02 Å². The molecular formula is C24H18ClN5O. The Balaban J connectivity index is 1.51. The Bertz CT molecular complexity index is 1250. The summed E-state index contributed by atoms with van der Waals surface area (Å²) in [5, 5.41) is 11.3. The maximum atomic E-state index is 12.6. The fourth-order valence-electron chi connectivity index (χ4n) is 3.49. The molecule has 0 aliphatic carbocycles. The number of carbonyl (C=O) groups excluding carboxylic acids is 1. The minimum absolute atomic E-state index is 0.210. The third kappa shape index (κ3) is 3.93. The summed E-state index contributed by atoms with van der Waals surface area (Å²) in [5.74, 6) is 0.519. The SMILES string of the molecule is O=C(Nc1nc2n(n1)C(c1ccc(Cl)cc1)C=C(c1ccccc1)N2)c1ccccc1. The van der Waals surface area contributed by atoms with E-state index in [1.165, 1.54) is 0 Å². The number of carbonyl (C=O) groups is 1. The quantitative estimate of drug-likeness (QED) is 0.467. The van der Waals surface area contributed by atoms with Crippen molar-refractivity contribution in [2.45, 2.75) is 6.04 Å². The lowest BCUT2D eigenvalue weighted by Gasteiger charge is -2.24. The van der Waals surface area contributed by atoms with Gasteiger partial charge in [-0.3, -0.25) is 10.1 Å². The molecule has 2 heterocycles. The lowest BCUT2D eigenvalue weighted by atomic mass is 10.0. The molecule has 0 saturated carbocycles. The van der Waals surface area contributed by atoms with Crippen molar-refractivity contribution in [1.82, 2.24) is 14.8 Å². The molecule has 1 unspecified atom stereocenters. The van der Waals surface area contributed by atoms with E-state index in [2.05, 4.69) is 26.8 Å². The maximum absolute atomic E-state index is 12.6. The Labute approximate surface area is 184 Å². The zero-order chi connectivity index (χ0) is 21.2. The first-order valence-electron chi connectivity index (χ1n) is 9.80. The molecular weight excluding hydrogens is 410 g/mol. The second-order valence-electron chi connectivity index (χ2n) is 7.09. The maximum Gasteiger partial charge on any atom is 0.258 e. The molecule has 1 atom stereocenters. The summed E-state index contributed by atoms with van der Waals surface area (Å²) in [5.41, 5.74) is 3.50. The number of hydrogen-bond acceptors (Lipinski definition) is 4. The number of rotatable bonds is 4. The molecule has 0 saturated heterocycles. The highest BCUT2D eigenvalue weighted by Crippen LogP contribution is 2.33. The first-order valence-corrected chi connectivity index (χ1v) is 10.2. The van der Waals surface area contributed by atoms with Crippen LogP contribution >= 0.6 is 11.6 Å². The Hall–Kier alpha value is -3.90. The van der Waals surface area contributed by atoms with E-state index in [-0.39, 0.29) is 17.9 Å². The predicted molar refractivity (Wildman–Crippen MR) is 122 cm³/mol. The smallest absolute Gasteiger partial charge is 0.258 e. The Morgan fingerprint density at radius 2 is 1.61 bits per heavy atom. The zero-order valence-electron chi connectivity index (χ0n) is 16.4. The van der Waals surface area contributed by atoms with E-state index in [4.69, 9.17) is 11.6 Å². The topological polar surface area (TPSA) is 71.8 Å². The van der Waals surface area contributed by atoms with E-state index in [1.54, 1.807) is 16.8 Å². The molecule has 152 valence electrons. The van der Waals surface area contributed by atoms with Crippen LogP contribution < -0.4 is 10.6 Å². The van der Waals surface area contributed by atoms with Gasteiger partial charge in [0.2, 0.25) is 5.95 Å². The van der Waals surface area contributed by atoms with Crippen LogP contribution in [0, 0.1) is 0 Å². The van der Waals surface area contributed by atoms with Crippen molar-refractivity contribution in [2.24, 2.45) is 0 Å². The van der Waals surface area contributed by atoms with Gasteiger partial charge in [-0.1, -0.05) is 72.3 Å². The highest BCUT2D eigenvalue weighted by atomic mass is 35.5. The lowest BCUT2D eigenvalue weighted by Crippen LogP contribution is -2.20. The number of nitrogens with one attached hydrogen (secondary N) is 2. The molecule has 0 fully saturated rings. The molecule has 7 heteroatoms. The van der Waals surface area contributed by atoms with Crippen LogP contribution in [0.1, 0.15) is 27.5 Å². The van der Waals surface area contributed by atoms with Gasteiger partial charge in [0.25, 0.3) is 11.9 Å². The van der Waals surface area contributed by atoms with Gasteiger partial charge in [-0.2, -0.15) is 4.98 Å². The molecule has 4 aromatic rings. The number of amides is 1. The van der Waals surface area contributed by atoms with Crippen molar-refractivity contribution in [3.63, 3.8) is 0 Å². The normalized spacial score (nSPS) is 14.9. The average Bonchev–Trinajstić information content (AvgIpc) is 3.22. The van der Waals surface area contributed by atoms with Crippen LogP contribution in [-0.4, -0.2) is 20.7 Å². The number of hydrogen-bond donors (Lipinski definition) is 2. The van der Waals surface area contributed by atoms with Crippen molar-refractivity contribution < 1.29 is 4.79 Å². The van der Waals surface area contributed by atoms with Crippen molar-refractivity contribution in [3.05, 3.63) is 113 Å². The highest BCUT2D eigenvalue weighted by Gasteiger charge is 2.26. The van der Waals surface area contributed by atoms with Crippen LogP contribution in [-0.2, 0) is 0 Å². The van der Waals surface area contributed by atoms with E-state index in [0.717, 1.165) is 16.8 Å². The van der Waals surface area contributed by atoms with Gasteiger partial charge in [-0.05, 0) is 41.5 Å². The largest absolute Gasteiger partial charge is 0.324 e. The van der Waals surface area contributed by atoms with E-state index in [1.807, 2.05) is 72.8 Å². The number of fused-ring (bicyclic) bond motifs is 1. The standard InChI is InChI=1S/C24H18ClN5O/c25-19-13-11-17(12-14-19)21-15-20(16-7-3-1-4-8-16)26-24-28-23(29-30(21)24)27-22(31)18-9-5-2-6-10-18/h1-15,21H,(H2,26,27,28,29,31). The summed E-state index contributed by atoms with van der Waals surface area (Å²) in [6.07, 6.45) is 2.09. The van der Waals surface area contributed by atoms with E-state index < -0.39 is 0 Å². The number of aromatic nitrogens is 3. The fraction of sp³-hybridized carbons (Fsp3) is 0.0417. The second-order valence-corrected chi connectivity index (χ2v) is 7.53. The average molecular weight is 428 g/mol. The Kier molecular flexibility index (Phi) is 4.98. The van der Waals surface area contributed by atoms with Gasteiger partial charge in [0.15, 0.2) is 0 Å². The van der Waals surface area contributed by atoms with Gasteiger partial charge in [-0.25, -0.2) is 4.68 Å². The molecule has 0 radical (unpaired) electrons. The molecule has 2 N–H and O–H groups in total.